The average Bonchev–Trinajstić information content (AvgIpc) is 3.08. The molecule has 3 atom stereocenters. The highest BCUT2D eigenvalue weighted by atomic mass is 32.2. The van der Waals surface area contributed by atoms with Gasteiger partial charge in [-0.2, -0.15) is 5.26 Å². The number of amides is 1. The first-order valence-electron chi connectivity index (χ1n) is 10.3. The van der Waals surface area contributed by atoms with Gasteiger partial charge in [0.2, 0.25) is 0 Å². The smallest absolute Gasteiger partial charge is 0.251 e. The number of nitrogens with one attached hydrogen (secondary N) is 1. The number of hydrogen-bond acceptors (Lipinski definition) is 5. The van der Waals surface area contributed by atoms with E-state index in [4.69, 9.17) is 0 Å². The summed E-state index contributed by atoms with van der Waals surface area (Å²) >= 11 is 1.69. The first-order valence-corrected chi connectivity index (χ1v) is 11.1. The molecule has 4 rings (SSSR count). The summed E-state index contributed by atoms with van der Waals surface area (Å²) in [5.74, 6) is 0.117. The van der Waals surface area contributed by atoms with E-state index in [-0.39, 0.29) is 23.9 Å². The third kappa shape index (κ3) is 4.57. The maximum absolute atomic E-state index is 12.8. The van der Waals surface area contributed by atoms with Crippen LogP contribution in [0.1, 0.15) is 24.2 Å². The summed E-state index contributed by atoms with van der Waals surface area (Å²) in [6.45, 7) is 4.72. The standard InChI is InChI=1S/C25H24N4OS/c1-17-15-29(16-26)18(2)24(17)28-25(30)20-10-8-19(9-11-20)22-14-27-13-12-23(22)31-21-6-4-3-5-7-21/h3-14,17-18,24H,15H2,1-2H3,(H,28,30)/t17?,18?,24-/m1/s1. The van der Waals surface area contributed by atoms with Crippen molar-refractivity contribution in [3.8, 4) is 17.3 Å². The van der Waals surface area contributed by atoms with Gasteiger partial charge in [0.05, 0.1) is 12.1 Å². The lowest BCUT2D eigenvalue weighted by Gasteiger charge is -2.22. The number of benzene rings is 2. The summed E-state index contributed by atoms with van der Waals surface area (Å²) in [6, 6.07) is 19.8. The molecule has 0 bridgehead atoms. The Balaban J connectivity index is 1.50. The number of likely N-dealkylation sites (tertiary alicyclic amines) is 1. The number of pyridine rings is 1. The molecule has 1 saturated heterocycles. The van der Waals surface area contributed by atoms with E-state index in [0.29, 0.717) is 12.1 Å². The second-order valence-electron chi connectivity index (χ2n) is 7.83. The van der Waals surface area contributed by atoms with Crippen LogP contribution in [-0.4, -0.2) is 34.4 Å². The first-order chi connectivity index (χ1) is 15.1. The summed E-state index contributed by atoms with van der Waals surface area (Å²) in [4.78, 5) is 21.1. The molecule has 1 amide bonds. The molecule has 3 aromatic rings. The lowest BCUT2D eigenvalue weighted by Crippen LogP contribution is -2.44. The summed E-state index contributed by atoms with van der Waals surface area (Å²) in [7, 11) is 0. The Morgan fingerprint density at radius 1 is 1.13 bits per heavy atom. The molecule has 0 saturated carbocycles. The van der Waals surface area contributed by atoms with Crippen molar-refractivity contribution in [1.29, 1.82) is 5.26 Å². The van der Waals surface area contributed by atoms with Crippen LogP contribution in [0.5, 0.6) is 0 Å². The van der Waals surface area contributed by atoms with Crippen molar-refractivity contribution in [1.82, 2.24) is 15.2 Å². The second kappa shape index (κ2) is 9.23. The molecule has 1 aliphatic heterocycles. The Kier molecular flexibility index (Phi) is 6.24. The highest BCUT2D eigenvalue weighted by Crippen LogP contribution is 2.35. The normalized spacial score (nSPS) is 20.3. The summed E-state index contributed by atoms with van der Waals surface area (Å²) in [5.41, 5.74) is 2.66. The summed E-state index contributed by atoms with van der Waals surface area (Å²) < 4.78 is 0. The number of nitriles is 1. The van der Waals surface area contributed by atoms with Crippen molar-refractivity contribution >= 4 is 17.7 Å². The zero-order valence-electron chi connectivity index (χ0n) is 17.5. The molecule has 2 unspecified atom stereocenters. The fraction of sp³-hybridized carbons (Fsp3) is 0.240. The minimum atomic E-state index is -0.111. The van der Waals surface area contributed by atoms with Gasteiger partial charge >= 0.3 is 0 Å². The SMILES string of the molecule is CC1CN(C#N)C(C)[C@@H]1NC(=O)c1ccc(-c2cnccc2Sc2ccccc2)cc1. The second-order valence-corrected chi connectivity index (χ2v) is 8.95. The number of hydrogen-bond donors (Lipinski definition) is 1. The van der Waals surface area contributed by atoms with E-state index in [1.807, 2.05) is 61.7 Å². The molecular formula is C25H24N4OS. The predicted octanol–water partition coefficient (Wildman–Crippen LogP) is 4.82. The molecule has 5 nitrogen and oxygen atoms in total. The van der Waals surface area contributed by atoms with Gasteiger partial charge in [-0.25, -0.2) is 0 Å². The van der Waals surface area contributed by atoms with Crippen LogP contribution in [0.4, 0.5) is 0 Å². The van der Waals surface area contributed by atoms with Crippen molar-refractivity contribution in [2.75, 3.05) is 6.54 Å². The maximum atomic E-state index is 12.8. The van der Waals surface area contributed by atoms with Gasteiger partial charge in [-0.1, -0.05) is 49.0 Å². The molecule has 0 spiro atoms. The lowest BCUT2D eigenvalue weighted by molar-refractivity contribution is 0.0924. The van der Waals surface area contributed by atoms with Gasteiger partial charge in [0.25, 0.3) is 5.91 Å². The predicted molar refractivity (Wildman–Crippen MR) is 122 cm³/mol. The zero-order valence-corrected chi connectivity index (χ0v) is 18.3. The van der Waals surface area contributed by atoms with Gasteiger partial charge in [-0.05, 0) is 48.7 Å². The minimum Gasteiger partial charge on any atom is -0.347 e. The Bertz CT molecular complexity index is 1090. The number of nitrogens with zero attached hydrogens (tertiary/aromatic N) is 3. The summed E-state index contributed by atoms with van der Waals surface area (Å²) in [6.07, 6.45) is 5.87. The van der Waals surface area contributed by atoms with Crippen LogP contribution in [0.3, 0.4) is 0 Å². The van der Waals surface area contributed by atoms with Gasteiger partial charge in [0, 0.05) is 39.9 Å². The van der Waals surface area contributed by atoms with Crippen LogP contribution in [0.15, 0.2) is 82.8 Å². The fourth-order valence-electron chi connectivity index (χ4n) is 3.99. The number of carbonyl (C=O) groups is 1. The lowest BCUT2D eigenvalue weighted by atomic mass is 10.0. The molecule has 1 aliphatic rings. The zero-order chi connectivity index (χ0) is 21.8. The van der Waals surface area contributed by atoms with Crippen molar-refractivity contribution in [3.63, 3.8) is 0 Å². The Morgan fingerprint density at radius 3 is 2.55 bits per heavy atom. The van der Waals surface area contributed by atoms with Crippen LogP contribution < -0.4 is 5.32 Å². The molecular weight excluding hydrogens is 404 g/mol. The third-order valence-corrected chi connectivity index (χ3v) is 6.83. The Hall–Kier alpha value is -3.30. The van der Waals surface area contributed by atoms with Crippen molar-refractivity contribution in [3.05, 3.63) is 78.6 Å². The highest BCUT2D eigenvalue weighted by molar-refractivity contribution is 7.99. The van der Waals surface area contributed by atoms with Crippen molar-refractivity contribution in [2.45, 2.75) is 35.7 Å². The van der Waals surface area contributed by atoms with Crippen molar-refractivity contribution in [2.24, 2.45) is 5.92 Å². The van der Waals surface area contributed by atoms with Gasteiger partial charge < -0.3 is 10.2 Å². The van der Waals surface area contributed by atoms with Gasteiger partial charge in [0.15, 0.2) is 6.19 Å². The topological polar surface area (TPSA) is 69.0 Å². The molecule has 1 aromatic heterocycles. The van der Waals surface area contributed by atoms with Gasteiger partial charge in [0.1, 0.15) is 0 Å². The van der Waals surface area contributed by atoms with Crippen molar-refractivity contribution < 1.29 is 4.79 Å². The van der Waals surface area contributed by atoms with Crippen LogP contribution >= 0.6 is 11.8 Å². The minimum absolute atomic E-state index is 0.00353. The summed E-state index contributed by atoms with van der Waals surface area (Å²) in [5, 5.41) is 12.3. The fourth-order valence-corrected chi connectivity index (χ4v) is 4.95. The molecule has 0 aliphatic carbocycles. The van der Waals surface area contributed by atoms with E-state index in [2.05, 4.69) is 35.6 Å². The highest BCUT2D eigenvalue weighted by Gasteiger charge is 2.37. The van der Waals surface area contributed by atoms with Gasteiger partial charge in [-0.3, -0.25) is 9.78 Å². The number of rotatable bonds is 5. The van der Waals surface area contributed by atoms with E-state index in [0.717, 1.165) is 20.9 Å². The number of aromatic nitrogens is 1. The monoisotopic (exact) mass is 428 g/mol. The van der Waals surface area contributed by atoms with E-state index in [1.54, 1.807) is 22.9 Å². The van der Waals surface area contributed by atoms with Crippen LogP contribution in [0, 0.1) is 17.4 Å². The molecule has 31 heavy (non-hydrogen) atoms. The third-order valence-electron chi connectivity index (χ3n) is 5.75. The molecule has 2 heterocycles. The van der Waals surface area contributed by atoms with Gasteiger partial charge in [-0.15, -0.1) is 0 Å². The maximum Gasteiger partial charge on any atom is 0.251 e. The Labute approximate surface area is 187 Å². The van der Waals surface area contributed by atoms with Crippen LogP contribution in [-0.2, 0) is 0 Å². The van der Waals surface area contributed by atoms with E-state index >= 15 is 0 Å². The molecule has 1 N–H and O–H groups in total. The van der Waals surface area contributed by atoms with E-state index in [9.17, 15) is 10.1 Å². The Morgan fingerprint density at radius 2 is 1.87 bits per heavy atom. The number of carbonyl (C=O) groups excluding carboxylic acids is 1. The van der Waals surface area contributed by atoms with E-state index in [1.165, 1.54) is 0 Å². The molecule has 0 radical (unpaired) electrons. The molecule has 156 valence electrons. The van der Waals surface area contributed by atoms with Crippen LogP contribution in [0.2, 0.25) is 0 Å². The average molecular weight is 429 g/mol. The molecule has 6 heteroatoms. The first kappa shape index (κ1) is 21.0. The quantitative estimate of drug-likeness (QED) is 0.590. The van der Waals surface area contributed by atoms with Crippen LogP contribution in [0.25, 0.3) is 11.1 Å². The van der Waals surface area contributed by atoms with E-state index < -0.39 is 0 Å². The largest absolute Gasteiger partial charge is 0.347 e. The molecule has 2 aromatic carbocycles. The molecule has 1 fully saturated rings.